The van der Waals surface area contributed by atoms with Crippen molar-refractivity contribution in [2.75, 3.05) is 4.90 Å². The third-order valence-corrected chi connectivity index (χ3v) is 10.6. The molecular weight excluding hydrogens is 595 g/mol. The van der Waals surface area contributed by atoms with Crippen LogP contribution < -0.4 is 4.90 Å². The van der Waals surface area contributed by atoms with Gasteiger partial charge in [-0.15, -0.1) is 0 Å². The summed E-state index contributed by atoms with van der Waals surface area (Å²) in [6, 6.07) is 59.4. The van der Waals surface area contributed by atoms with Crippen LogP contribution in [0, 0.1) is 0 Å². The highest BCUT2D eigenvalue weighted by molar-refractivity contribution is 6.25. The minimum absolute atomic E-state index is 0.116. The Morgan fingerprint density at radius 1 is 0.449 bits per heavy atom. The molecule has 8 aromatic carbocycles. The van der Waals surface area contributed by atoms with Gasteiger partial charge in [-0.3, -0.25) is 0 Å². The average molecular weight is 628 g/mol. The van der Waals surface area contributed by atoms with Crippen molar-refractivity contribution in [1.29, 1.82) is 0 Å². The largest absolute Gasteiger partial charge is 0.456 e. The van der Waals surface area contributed by atoms with Crippen molar-refractivity contribution in [3.8, 4) is 22.3 Å². The Morgan fingerprint density at radius 2 is 1.14 bits per heavy atom. The molecule has 2 nitrogen and oxygen atoms in total. The summed E-state index contributed by atoms with van der Waals surface area (Å²) in [5.74, 6) is 0. The summed E-state index contributed by atoms with van der Waals surface area (Å²) in [7, 11) is 0. The van der Waals surface area contributed by atoms with Crippen LogP contribution in [0.15, 0.2) is 168 Å². The fourth-order valence-electron chi connectivity index (χ4n) is 8.28. The van der Waals surface area contributed by atoms with Gasteiger partial charge in [0, 0.05) is 22.2 Å². The van der Waals surface area contributed by atoms with Gasteiger partial charge in [-0.1, -0.05) is 135 Å². The first-order valence-electron chi connectivity index (χ1n) is 17.0. The van der Waals surface area contributed by atoms with Gasteiger partial charge in [0.1, 0.15) is 11.2 Å². The Bertz CT molecular complexity index is 2750. The van der Waals surface area contributed by atoms with Gasteiger partial charge in [0.2, 0.25) is 0 Å². The molecule has 0 aliphatic heterocycles. The van der Waals surface area contributed by atoms with E-state index in [-0.39, 0.29) is 5.41 Å². The van der Waals surface area contributed by atoms with E-state index >= 15 is 0 Å². The van der Waals surface area contributed by atoms with Crippen molar-refractivity contribution in [2.24, 2.45) is 0 Å². The molecule has 9 aromatic rings. The van der Waals surface area contributed by atoms with Crippen LogP contribution in [0.4, 0.5) is 17.1 Å². The molecule has 1 aliphatic carbocycles. The van der Waals surface area contributed by atoms with E-state index in [2.05, 4.69) is 183 Å². The summed E-state index contributed by atoms with van der Waals surface area (Å²) in [6.07, 6.45) is 0. The summed E-state index contributed by atoms with van der Waals surface area (Å²) in [5, 5.41) is 7.09. The van der Waals surface area contributed by atoms with E-state index in [1.165, 1.54) is 54.9 Å². The first-order valence-corrected chi connectivity index (χ1v) is 17.0. The predicted molar refractivity (Wildman–Crippen MR) is 206 cm³/mol. The van der Waals surface area contributed by atoms with E-state index in [1.807, 2.05) is 0 Å². The minimum atomic E-state index is -0.116. The van der Waals surface area contributed by atoms with Crippen molar-refractivity contribution in [1.82, 2.24) is 0 Å². The maximum Gasteiger partial charge on any atom is 0.137 e. The highest BCUT2D eigenvalue weighted by Crippen LogP contribution is 2.52. The van der Waals surface area contributed by atoms with Crippen LogP contribution in [0.3, 0.4) is 0 Å². The Morgan fingerprint density at radius 3 is 2.02 bits per heavy atom. The van der Waals surface area contributed by atoms with Crippen LogP contribution in [0.2, 0.25) is 0 Å². The van der Waals surface area contributed by atoms with Crippen LogP contribution >= 0.6 is 0 Å². The van der Waals surface area contributed by atoms with Crippen LogP contribution in [0.1, 0.15) is 25.0 Å². The Labute approximate surface area is 285 Å². The van der Waals surface area contributed by atoms with Gasteiger partial charge in [-0.2, -0.15) is 0 Å². The Balaban J connectivity index is 1.28. The lowest BCUT2D eigenvalue weighted by atomic mass is 9.82. The molecule has 10 rings (SSSR count). The van der Waals surface area contributed by atoms with Gasteiger partial charge in [0.15, 0.2) is 0 Å². The first kappa shape index (κ1) is 27.9. The molecule has 0 radical (unpaired) electrons. The third-order valence-electron chi connectivity index (χ3n) is 10.6. The Hall–Kier alpha value is -6.12. The van der Waals surface area contributed by atoms with Gasteiger partial charge >= 0.3 is 0 Å². The molecule has 0 unspecified atom stereocenters. The molecule has 232 valence electrons. The molecule has 0 N–H and O–H groups in total. The van der Waals surface area contributed by atoms with Gasteiger partial charge in [0.25, 0.3) is 0 Å². The molecular formula is C47H33NO. The van der Waals surface area contributed by atoms with Crippen molar-refractivity contribution in [2.45, 2.75) is 19.3 Å². The number of hydrogen-bond donors (Lipinski definition) is 0. The molecule has 0 saturated carbocycles. The highest BCUT2D eigenvalue weighted by atomic mass is 16.3. The van der Waals surface area contributed by atoms with E-state index in [0.717, 1.165) is 39.0 Å². The van der Waals surface area contributed by atoms with E-state index in [0.29, 0.717) is 0 Å². The van der Waals surface area contributed by atoms with E-state index in [4.69, 9.17) is 4.42 Å². The van der Waals surface area contributed by atoms with Crippen LogP contribution in [-0.4, -0.2) is 0 Å². The second kappa shape index (κ2) is 10.4. The minimum Gasteiger partial charge on any atom is -0.456 e. The van der Waals surface area contributed by atoms with Gasteiger partial charge in [-0.05, 0) is 97.4 Å². The summed E-state index contributed by atoms with van der Waals surface area (Å²) in [6.45, 7) is 4.70. The number of nitrogens with zero attached hydrogens (tertiary/aromatic N) is 1. The molecule has 0 spiro atoms. The summed E-state index contributed by atoms with van der Waals surface area (Å²) in [4.78, 5) is 2.43. The van der Waals surface area contributed by atoms with Gasteiger partial charge < -0.3 is 9.32 Å². The molecule has 0 saturated heterocycles. The molecule has 49 heavy (non-hydrogen) atoms. The van der Waals surface area contributed by atoms with Crippen molar-refractivity contribution < 1.29 is 4.42 Å². The number of rotatable bonds is 4. The smallest absolute Gasteiger partial charge is 0.137 e. The second-order valence-electron chi connectivity index (χ2n) is 13.7. The quantitative estimate of drug-likeness (QED) is 0.193. The predicted octanol–water partition coefficient (Wildman–Crippen LogP) is 13.3. The molecule has 1 heterocycles. The average Bonchev–Trinajstić information content (AvgIpc) is 3.64. The monoisotopic (exact) mass is 627 g/mol. The van der Waals surface area contributed by atoms with E-state index in [9.17, 15) is 0 Å². The van der Waals surface area contributed by atoms with Gasteiger partial charge in [0.05, 0.1) is 11.1 Å². The fourth-order valence-corrected chi connectivity index (χ4v) is 8.28. The van der Waals surface area contributed by atoms with Crippen LogP contribution in [0.5, 0.6) is 0 Å². The molecule has 0 amide bonds. The zero-order valence-corrected chi connectivity index (χ0v) is 27.4. The molecule has 0 bridgehead atoms. The van der Waals surface area contributed by atoms with Crippen LogP contribution in [-0.2, 0) is 5.41 Å². The summed E-state index contributed by atoms with van der Waals surface area (Å²) >= 11 is 0. The maximum absolute atomic E-state index is 6.78. The maximum atomic E-state index is 6.78. The lowest BCUT2D eigenvalue weighted by Gasteiger charge is -2.29. The number of benzene rings is 8. The molecule has 1 aliphatic rings. The van der Waals surface area contributed by atoms with E-state index < -0.39 is 0 Å². The van der Waals surface area contributed by atoms with Crippen molar-refractivity contribution in [3.63, 3.8) is 0 Å². The first-order chi connectivity index (χ1) is 24.1. The van der Waals surface area contributed by atoms with E-state index in [1.54, 1.807) is 0 Å². The molecule has 1 aromatic heterocycles. The standard InChI is InChI=1S/C47H33NO/c1-47(2)40-20-11-10-18-36(40)37-26-25-34(28-41(37)47)48(33-24-23-30-13-6-7-16-32(30)27-33)42-21-12-22-43-46(42)45-38-19-9-8-17-35(38)39(29-44(45)49-43)31-14-4-3-5-15-31/h3-29H,1-2H3. The zero-order chi connectivity index (χ0) is 32.7. The normalized spacial score (nSPS) is 13.3. The fraction of sp³-hybridized carbons (Fsp3) is 0.0638. The molecule has 2 heteroatoms. The summed E-state index contributed by atoms with van der Waals surface area (Å²) in [5.41, 5.74) is 12.7. The second-order valence-corrected chi connectivity index (χ2v) is 13.7. The lowest BCUT2D eigenvalue weighted by molar-refractivity contribution is 0.660. The number of furan rings is 1. The van der Waals surface area contributed by atoms with Crippen LogP contribution in [0.25, 0.3) is 65.7 Å². The molecule has 0 atom stereocenters. The number of hydrogen-bond acceptors (Lipinski definition) is 2. The highest BCUT2D eigenvalue weighted by Gasteiger charge is 2.36. The molecule has 0 fully saturated rings. The lowest BCUT2D eigenvalue weighted by Crippen LogP contribution is -2.16. The summed E-state index contributed by atoms with van der Waals surface area (Å²) < 4.78 is 6.78. The van der Waals surface area contributed by atoms with Gasteiger partial charge in [-0.25, -0.2) is 0 Å². The SMILES string of the molecule is CC1(C)c2ccccc2-c2ccc(N(c3ccc4ccccc4c3)c3cccc4oc5cc(-c6ccccc6)c6ccccc6c5c34)cc21. The number of fused-ring (bicyclic) bond motifs is 9. The van der Waals surface area contributed by atoms with Crippen molar-refractivity contribution >= 4 is 60.5 Å². The topological polar surface area (TPSA) is 16.4 Å². The van der Waals surface area contributed by atoms with Crippen molar-refractivity contribution in [3.05, 3.63) is 175 Å². The third kappa shape index (κ3) is 4.14. The number of anilines is 3. The Kier molecular flexibility index (Phi) is 5.95. The zero-order valence-electron chi connectivity index (χ0n) is 27.4.